The van der Waals surface area contributed by atoms with Crippen LogP contribution in [0.25, 0.3) is 6.08 Å². The molecule has 23 heavy (non-hydrogen) atoms. The summed E-state index contributed by atoms with van der Waals surface area (Å²) in [6.45, 7) is 2.07. The number of rotatable bonds is 7. The zero-order valence-electron chi connectivity index (χ0n) is 13.7. The number of ether oxygens (including phenoxy) is 3. The molecular formula is C18H20O4S. The van der Waals surface area contributed by atoms with Gasteiger partial charge in [-0.25, -0.2) is 0 Å². The molecule has 2 aromatic rings. The van der Waals surface area contributed by atoms with Gasteiger partial charge in [0.15, 0.2) is 17.3 Å². The summed E-state index contributed by atoms with van der Waals surface area (Å²) in [4.78, 5) is 14.2. The lowest BCUT2D eigenvalue weighted by Gasteiger charge is -2.12. The van der Waals surface area contributed by atoms with Crippen LogP contribution in [0.2, 0.25) is 0 Å². The molecule has 0 aliphatic rings. The third-order valence-electron chi connectivity index (χ3n) is 3.40. The number of aryl methyl sites for hydroxylation is 1. The smallest absolute Gasteiger partial charge is 0.195 e. The van der Waals surface area contributed by atoms with Gasteiger partial charge >= 0.3 is 0 Å². The van der Waals surface area contributed by atoms with E-state index in [9.17, 15) is 4.79 Å². The topological polar surface area (TPSA) is 44.8 Å². The zero-order chi connectivity index (χ0) is 16.8. The molecule has 0 spiro atoms. The van der Waals surface area contributed by atoms with Gasteiger partial charge in [0.1, 0.15) is 5.75 Å². The van der Waals surface area contributed by atoms with Crippen LogP contribution in [0.15, 0.2) is 30.3 Å². The van der Waals surface area contributed by atoms with Crippen LogP contribution in [-0.4, -0.2) is 27.1 Å². The fourth-order valence-electron chi connectivity index (χ4n) is 2.13. The lowest BCUT2D eigenvalue weighted by molar-refractivity contribution is 0.105. The zero-order valence-corrected chi connectivity index (χ0v) is 14.5. The van der Waals surface area contributed by atoms with Gasteiger partial charge in [0, 0.05) is 16.5 Å². The molecule has 0 N–H and O–H groups in total. The van der Waals surface area contributed by atoms with E-state index in [0.29, 0.717) is 17.2 Å². The van der Waals surface area contributed by atoms with Crippen LogP contribution in [0.5, 0.6) is 17.2 Å². The highest BCUT2D eigenvalue weighted by Gasteiger charge is 2.11. The van der Waals surface area contributed by atoms with E-state index >= 15 is 0 Å². The second-order valence-electron chi connectivity index (χ2n) is 4.77. The molecule has 0 radical (unpaired) electrons. The number of hydrogen-bond acceptors (Lipinski definition) is 5. The average molecular weight is 332 g/mol. The lowest BCUT2D eigenvalue weighted by atomic mass is 10.1. The molecule has 4 nitrogen and oxygen atoms in total. The molecule has 0 bridgehead atoms. The van der Waals surface area contributed by atoms with E-state index < -0.39 is 0 Å². The first kappa shape index (κ1) is 17.1. The summed E-state index contributed by atoms with van der Waals surface area (Å²) in [6.07, 6.45) is 4.22. The molecule has 1 heterocycles. The molecule has 0 aliphatic carbocycles. The van der Waals surface area contributed by atoms with Crippen molar-refractivity contribution in [2.75, 3.05) is 21.3 Å². The third kappa shape index (κ3) is 3.93. The van der Waals surface area contributed by atoms with E-state index in [-0.39, 0.29) is 5.78 Å². The molecule has 122 valence electrons. The van der Waals surface area contributed by atoms with E-state index in [4.69, 9.17) is 14.2 Å². The van der Waals surface area contributed by atoms with Gasteiger partial charge in [0.25, 0.3) is 0 Å². The number of benzene rings is 1. The number of hydrogen-bond donors (Lipinski definition) is 0. The molecule has 2 rings (SSSR count). The summed E-state index contributed by atoms with van der Waals surface area (Å²) in [5.74, 6) is 1.77. The van der Waals surface area contributed by atoms with Crippen molar-refractivity contribution in [3.05, 3.63) is 45.7 Å². The Bertz CT molecular complexity index is 716. The first-order valence-corrected chi connectivity index (χ1v) is 8.05. The van der Waals surface area contributed by atoms with E-state index in [1.165, 1.54) is 16.2 Å². The number of ketones is 1. The average Bonchev–Trinajstić information content (AvgIpc) is 3.07. The number of carbonyl (C=O) groups is 1. The van der Waals surface area contributed by atoms with Crippen molar-refractivity contribution in [2.24, 2.45) is 0 Å². The first-order valence-electron chi connectivity index (χ1n) is 7.24. The summed E-state index contributed by atoms with van der Waals surface area (Å²) in [5.41, 5.74) is 0.755. The lowest BCUT2D eigenvalue weighted by Crippen LogP contribution is -1.95. The van der Waals surface area contributed by atoms with Crippen molar-refractivity contribution in [2.45, 2.75) is 13.3 Å². The molecule has 0 saturated heterocycles. The molecule has 5 heteroatoms. The quantitative estimate of drug-likeness (QED) is 0.562. The number of allylic oxidation sites excluding steroid dienone is 1. The first-order chi connectivity index (χ1) is 11.1. The monoisotopic (exact) mass is 332 g/mol. The predicted molar refractivity (Wildman–Crippen MR) is 93.2 cm³/mol. The Morgan fingerprint density at radius 2 is 1.70 bits per heavy atom. The Labute approximate surface area is 140 Å². The molecule has 0 unspecified atom stereocenters. The molecule has 0 atom stereocenters. The Morgan fingerprint density at radius 3 is 2.26 bits per heavy atom. The Balaban J connectivity index is 2.28. The largest absolute Gasteiger partial charge is 0.496 e. The second-order valence-corrected chi connectivity index (χ2v) is 5.93. The number of thiophene rings is 1. The molecule has 0 fully saturated rings. The second kappa shape index (κ2) is 7.83. The summed E-state index contributed by atoms with van der Waals surface area (Å²) in [7, 11) is 4.71. The van der Waals surface area contributed by atoms with Crippen LogP contribution >= 0.6 is 11.3 Å². The van der Waals surface area contributed by atoms with E-state index in [1.54, 1.807) is 45.6 Å². The number of carbonyl (C=O) groups excluding carboxylic acids is 1. The minimum atomic E-state index is -0.0217. The maximum absolute atomic E-state index is 12.3. The van der Waals surface area contributed by atoms with Crippen molar-refractivity contribution in [3.63, 3.8) is 0 Å². The fourth-order valence-corrected chi connectivity index (χ4v) is 3.00. The maximum atomic E-state index is 12.3. The van der Waals surface area contributed by atoms with Crippen molar-refractivity contribution >= 4 is 23.2 Å². The van der Waals surface area contributed by atoms with Crippen LogP contribution in [0, 0.1) is 0 Å². The van der Waals surface area contributed by atoms with Gasteiger partial charge in [-0.1, -0.05) is 6.92 Å². The van der Waals surface area contributed by atoms with Crippen molar-refractivity contribution in [1.82, 2.24) is 0 Å². The highest BCUT2D eigenvalue weighted by Crippen LogP contribution is 2.35. The van der Waals surface area contributed by atoms with Crippen molar-refractivity contribution in [1.29, 1.82) is 0 Å². The highest BCUT2D eigenvalue weighted by molar-refractivity contribution is 7.14. The molecule has 1 aromatic carbocycles. The Hall–Kier alpha value is -2.27. The van der Waals surface area contributed by atoms with Gasteiger partial charge in [-0.2, -0.15) is 0 Å². The van der Waals surface area contributed by atoms with E-state index in [1.807, 2.05) is 12.1 Å². The Morgan fingerprint density at radius 1 is 1.04 bits per heavy atom. The maximum Gasteiger partial charge on any atom is 0.195 e. The normalized spacial score (nSPS) is 10.8. The van der Waals surface area contributed by atoms with E-state index in [0.717, 1.165) is 16.9 Å². The molecule has 0 amide bonds. The summed E-state index contributed by atoms with van der Waals surface area (Å²) in [6, 6.07) is 7.38. The summed E-state index contributed by atoms with van der Waals surface area (Å²) in [5, 5.41) is 0. The van der Waals surface area contributed by atoms with Gasteiger partial charge in [0.2, 0.25) is 0 Å². The minimum Gasteiger partial charge on any atom is -0.496 e. The SMILES string of the molecule is CCc1ccc(C(=O)/C=C/c2cc(OC)c(OC)cc2OC)s1. The third-order valence-corrected chi connectivity index (χ3v) is 4.65. The van der Waals surface area contributed by atoms with Crippen LogP contribution < -0.4 is 14.2 Å². The predicted octanol–water partition coefficient (Wildman–Crippen LogP) is 4.23. The van der Waals surface area contributed by atoms with Gasteiger partial charge in [-0.05, 0) is 36.8 Å². The van der Waals surface area contributed by atoms with Gasteiger partial charge < -0.3 is 14.2 Å². The van der Waals surface area contributed by atoms with Gasteiger partial charge in [0.05, 0.1) is 26.2 Å². The van der Waals surface area contributed by atoms with Crippen LogP contribution in [0.4, 0.5) is 0 Å². The van der Waals surface area contributed by atoms with Crippen LogP contribution in [0.1, 0.15) is 27.0 Å². The fraction of sp³-hybridized carbons (Fsp3) is 0.278. The molecule has 1 aromatic heterocycles. The number of methoxy groups -OCH3 is 3. The highest BCUT2D eigenvalue weighted by atomic mass is 32.1. The Kier molecular flexibility index (Phi) is 5.82. The van der Waals surface area contributed by atoms with Crippen molar-refractivity contribution in [3.8, 4) is 17.2 Å². The standard InChI is InChI=1S/C18H20O4S/c1-5-13-7-9-18(23-13)14(19)8-6-12-10-16(21-3)17(22-4)11-15(12)20-2/h6-11H,5H2,1-4H3/b8-6+. The molecule has 0 aliphatic heterocycles. The minimum absolute atomic E-state index is 0.0217. The van der Waals surface area contributed by atoms with E-state index in [2.05, 4.69) is 6.92 Å². The van der Waals surface area contributed by atoms with Crippen LogP contribution in [-0.2, 0) is 6.42 Å². The van der Waals surface area contributed by atoms with Crippen molar-refractivity contribution < 1.29 is 19.0 Å². The molecular weight excluding hydrogens is 312 g/mol. The van der Waals surface area contributed by atoms with Gasteiger partial charge in [-0.15, -0.1) is 11.3 Å². The van der Waals surface area contributed by atoms with Crippen LogP contribution in [0.3, 0.4) is 0 Å². The summed E-state index contributed by atoms with van der Waals surface area (Å²) >= 11 is 1.52. The van der Waals surface area contributed by atoms with Gasteiger partial charge in [-0.3, -0.25) is 4.79 Å². The summed E-state index contributed by atoms with van der Waals surface area (Å²) < 4.78 is 15.9. The molecule has 0 saturated carbocycles.